The number of carbonyl (C=O) groups excluding carboxylic acids is 1. The van der Waals surface area contributed by atoms with Gasteiger partial charge < -0.3 is 4.74 Å². The van der Waals surface area contributed by atoms with Gasteiger partial charge in [0.05, 0.1) is 5.03 Å². The molecule has 0 rings (SSSR count). The van der Waals surface area contributed by atoms with Crippen LogP contribution in [0.15, 0.2) is 35.9 Å². The second-order valence-corrected chi connectivity index (χ2v) is 4.92. The second-order valence-electron chi connectivity index (χ2n) is 4.46. The molecule has 1 unspecified atom stereocenters. The largest absolute Gasteiger partial charge is 0.448 e. The Morgan fingerprint density at radius 1 is 1.37 bits per heavy atom. The lowest BCUT2D eigenvalue weighted by Gasteiger charge is -2.33. The highest BCUT2D eigenvalue weighted by Crippen LogP contribution is 2.36. The Balaban J connectivity index is 5.02. The van der Waals surface area contributed by atoms with Crippen LogP contribution in [-0.2, 0) is 9.53 Å². The lowest BCUT2D eigenvalue weighted by atomic mass is 9.89. The van der Waals surface area contributed by atoms with E-state index in [9.17, 15) is 4.79 Å². The zero-order valence-corrected chi connectivity index (χ0v) is 13.1. The fraction of sp³-hybridized carbons (Fsp3) is 0.562. The molecule has 0 aromatic carbocycles. The van der Waals surface area contributed by atoms with Crippen LogP contribution >= 0.6 is 11.6 Å². The molecular formula is C16H25ClO2. The van der Waals surface area contributed by atoms with Gasteiger partial charge in [-0.05, 0) is 25.3 Å². The molecule has 0 saturated carbocycles. The van der Waals surface area contributed by atoms with E-state index < -0.39 is 5.60 Å². The van der Waals surface area contributed by atoms with Gasteiger partial charge >= 0.3 is 5.97 Å². The Morgan fingerprint density at radius 3 is 2.37 bits per heavy atom. The van der Waals surface area contributed by atoms with Crippen molar-refractivity contribution in [2.45, 2.75) is 58.5 Å². The highest BCUT2D eigenvalue weighted by Gasteiger charge is 2.37. The van der Waals surface area contributed by atoms with Crippen LogP contribution in [0.25, 0.3) is 0 Å². The van der Waals surface area contributed by atoms with Crippen molar-refractivity contribution in [1.29, 1.82) is 0 Å². The van der Waals surface area contributed by atoms with Gasteiger partial charge in [-0.2, -0.15) is 0 Å². The molecule has 0 amide bonds. The summed E-state index contributed by atoms with van der Waals surface area (Å²) in [6, 6.07) is 0. The summed E-state index contributed by atoms with van der Waals surface area (Å²) in [6.45, 7) is 13.4. The number of carbonyl (C=O) groups is 1. The predicted octanol–water partition coefficient (Wildman–Crippen LogP) is 5.14. The number of unbranched alkanes of at least 4 members (excludes halogenated alkanes) is 2. The first kappa shape index (κ1) is 18.0. The van der Waals surface area contributed by atoms with Crippen LogP contribution in [-0.4, -0.2) is 11.6 Å². The Hall–Kier alpha value is -1.02. The van der Waals surface area contributed by atoms with Crippen molar-refractivity contribution in [3.63, 3.8) is 0 Å². The van der Waals surface area contributed by atoms with Crippen LogP contribution < -0.4 is 0 Å². The normalized spacial score (nSPS) is 14.6. The summed E-state index contributed by atoms with van der Waals surface area (Å²) >= 11 is 6.10. The molecule has 0 aromatic rings. The van der Waals surface area contributed by atoms with Crippen molar-refractivity contribution >= 4 is 17.6 Å². The molecule has 0 bridgehead atoms. The fourth-order valence-corrected chi connectivity index (χ4v) is 2.30. The van der Waals surface area contributed by atoms with Gasteiger partial charge in [-0.15, -0.1) is 0 Å². The topological polar surface area (TPSA) is 26.3 Å². The lowest BCUT2D eigenvalue weighted by Crippen LogP contribution is -2.36. The zero-order chi connectivity index (χ0) is 14.9. The first-order chi connectivity index (χ1) is 8.98. The van der Waals surface area contributed by atoms with Crippen molar-refractivity contribution in [1.82, 2.24) is 0 Å². The minimum atomic E-state index is -0.957. The summed E-state index contributed by atoms with van der Waals surface area (Å²) in [5.41, 5.74) is -0.180. The Morgan fingerprint density at radius 2 is 2.00 bits per heavy atom. The van der Waals surface area contributed by atoms with Crippen molar-refractivity contribution in [2.24, 2.45) is 0 Å². The molecule has 0 radical (unpaired) electrons. The van der Waals surface area contributed by atoms with Gasteiger partial charge in [-0.25, -0.2) is 0 Å². The molecule has 2 nitrogen and oxygen atoms in total. The van der Waals surface area contributed by atoms with Gasteiger partial charge in [0.25, 0.3) is 0 Å². The van der Waals surface area contributed by atoms with E-state index in [1.807, 2.05) is 19.9 Å². The predicted molar refractivity (Wildman–Crippen MR) is 82.2 cm³/mol. The molecule has 108 valence electrons. The summed E-state index contributed by atoms with van der Waals surface area (Å²) in [7, 11) is 0. The van der Waals surface area contributed by atoms with E-state index in [0.29, 0.717) is 17.9 Å². The van der Waals surface area contributed by atoms with Gasteiger partial charge in [0, 0.05) is 6.42 Å². The van der Waals surface area contributed by atoms with Gasteiger partial charge in [0.2, 0.25) is 0 Å². The average molecular weight is 285 g/mol. The van der Waals surface area contributed by atoms with Crippen LogP contribution in [0.5, 0.6) is 0 Å². The van der Waals surface area contributed by atoms with E-state index in [-0.39, 0.29) is 5.97 Å². The van der Waals surface area contributed by atoms with Gasteiger partial charge in [0.15, 0.2) is 5.60 Å². The standard InChI is InChI=1S/C16H25ClO2/c1-6-10-11-12-15(18)19-16(9-4,13(5)17)14(7-2)8-3/h7-8H,2,5-6,9-12H2,1,3-4H3. The molecule has 0 saturated heterocycles. The Bertz CT molecular complexity index is 358. The molecular weight excluding hydrogens is 260 g/mol. The number of rotatable bonds is 9. The lowest BCUT2D eigenvalue weighted by molar-refractivity contribution is -0.152. The van der Waals surface area contributed by atoms with Gasteiger partial charge in [-0.1, -0.05) is 63.6 Å². The van der Waals surface area contributed by atoms with Crippen molar-refractivity contribution < 1.29 is 9.53 Å². The second kappa shape index (κ2) is 8.98. The summed E-state index contributed by atoms with van der Waals surface area (Å²) in [6.07, 6.45) is 7.40. The van der Waals surface area contributed by atoms with Crippen molar-refractivity contribution in [3.8, 4) is 0 Å². The van der Waals surface area contributed by atoms with Crippen LogP contribution in [0, 0.1) is 0 Å². The molecule has 0 aromatic heterocycles. The van der Waals surface area contributed by atoms with E-state index in [2.05, 4.69) is 20.1 Å². The molecule has 0 spiro atoms. The Kier molecular flexibility index (Phi) is 8.49. The van der Waals surface area contributed by atoms with E-state index in [1.165, 1.54) is 0 Å². The third-order valence-corrected chi connectivity index (χ3v) is 3.51. The zero-order valence-electron chi connectivity index (χ0n) is 12.3. The fourth-order valence-electron chi connectivity index (χ4n) is 2.02. The van der Waals surface area contributed by atoms with Crippen LogP contribution in [0.3, 0.4) is 0 Å². The maximum atomic E-state index is 11.9. The Labute approximate surface area is 122 Å². The third-order valence-electron chi connectivity index (χ3n) is 3.21. The molecule has 1 atom stereocenters. The highest BCUT2D eigenvalue weighted by molar-refractivity contribution is 6.30. The number of ether oxygens (including phenoxy) is 1. The smallest absolute Gasteiger partial charge is 0.307 e. The number of esters is 1. The molecule has 0 aliphatic rings. The SMILES string of the molecule is C=CC(=CC)C(CC)(OC(=O)CCCCC)C(=C)Cl. The number of halogens is 1. The summed E-state index contributed by atoms with van der Waals surface area (Å²) in [5.74, 6) is -0.238. The molecule has 0 aliphatic heterocycles. The minimum Gasteiger partial charge on any atom is -0.448 e. The molecule has 0 aliphatic carbocycles. The van der Waals surface area contributed by atoms with Crippen LogP contribution in [0.1, 0.15) is 52.9 Å². The summed E-state index contributed by atoms with van der Waals surface area (Å²) < 4.78 is 5.63. The summed E-state index contributed by atoms with van der Waals surface area (Å²) in [5, 5.41) is 0.312. The molecule has 3 heteroatoms. The van der Waals surface area contributed by atoms with Crippen molar-refractivity contribution in [3.05, 3.63) is 35.9 Å². The maximum Gasteiger partial charge on any atom is 0.307 e. The van der Waals surface area contributed by atoms with E-state index in [4.69, 9.17) is 16.3 Å². The van der Waals surface area contributed by atoms with E-state index >= 15 is 0 Å². The van der Waals surface area contributed by atoms with Gasteiger partial charge in [0.1, 0.15) is 0 Å². The van der Waals surface area contributed by atoms with Crippen LogP contribution in [0.4, 0.5) is 0 Å². The van der Waals surface area contributed by atoms with E-state index in [0.717, 1.165) is 24.8 Å². The first-order valence-electron chi connectivity index (χ1n) is 6.84. The molecule has 19 heavy (non-hydrogen) atoms. The highest BCUT2D eigenvalue weighted by atomic mass is 35.5. The third kappa shape index (κ3) is 4.87. The average Bonchev–Trinajstić information content (AvgIpc) is 2.38. The number of hydrogen-bond acceptors (Lipinski definition) is 2. The maximum absolute atomic E-state index is 11.9. The summed E-state index contributed by atoms with van der Waals surface area (Å²) in [4.78, 5) is 11.9. The van der Waals surface area contributed by atoms with E-state index in [1.54, 1.807) is 6.08 Å². The van der Waals surface area contributed by atoms with Crippen molar-refractivity contribution in [2.75, 3.05) is 0 Å². The number of hydrogen-bond donors (Lipinski definition) is 0. The molecule has 0 N–H and O–H groups in total. The monoisotopic (exact) mass is 284 g/mol. The molecule has 0 fully saturated rings. The first-order valence-corrected chi connectivity index (χ1v) is 7.22. The van der Waals surface area contributed by atoms with Gasteiger partial charge in [-0.3, -0.25) is 4.79 Å². The van der Waals surface area contributed by atoms with Crippen LogP contribution in [0.2, 0.25) is 0 Å². The molecule has 0 heterocycles. The number of allylic oxidation sites excluding steroid dienone is 1. The minimum absolute atomic E-state index is 0.238. The quantitative estimate of drug-likeness (QED) is 0.333.